The molecule has 2 bridgehead atoms. The highest BCUT2D eigenvalue weighted by Crippen LogP contribution is 2.41. The zero-order chi connectivity index (χ0) is 18.8. The number of rotatable bonds is 7. The number of fused-ring (bicyclic) bond motifs is 3. The number of unbranched alkanes of at least 4 members (excludes halogenated alkanes) is 1. The van der Waals surface area contributed by atoms with Crippen LogP contribution in [0.5, 0.6) is 5.75 Å². The zero-order valence-electron chi connectivity index (χ0n) is 16.9. The summed E-state index contributed by atoms with van der Waals surface area (Å²) in [5.41, 5.74) is 0.932. The Hall–Kier alpha value is -1.55. The highest BCUT2D eigenvalue weighted by Gasteiger charge is 2.41. The molecule has 1 amide bonds. The minimum absolute atomic E-state index is 0.0850. The van der Waals surface area contributed by atoms with E-state index < -0.39 is 0 Å². The Kier molecular flexibility index (Phi) is 5.72. The Morgan fingerprint density at radius 1 is 1.15 bits per heavy atom. The molecular formula is C23H34N2O2. The number of hydrogen-bond acceptors (Lipinski definition) is 3. The van der Waals surface area contributed by atoms with Gasteiger partial charge in [-0.15, -0.1) is 0 Å². The Balaban J connectivity index is 1.36. The van der Waals surface area contributed by atoms with Gasteiger partial charge in [0.15, 0.2) is 6.61 Å². The molecule has 2 unspecified atom stereocenters. The number of piperidine rings is 1. The molecule has 0 radical (unpaired) electrons. The lowest BCUT2D eigenvalue weighted by molar-refractivity contribution is -0.121. The number of para-hydroxylation sites is 2. The molecule has 4 nitrogen and oxygen atoms in total. The Labute approximate surface area is 163 Å². The first-order chi connectivity index (χ1) is 13.2. The number of nitrogens with zero attached hydrogens (tertiary/aromatic N) is 2. The van der Waals surface area contributed by atoms with Crippen LogP contribution in [0.2, 0.25) is 0 Å². The molecule has 3 atom stereocenters. The summed E-state index contributed by atoms with van der Waals surface area (Å²) in [6.45, 7) is 6.67. The molecule has 3 heterocycles. The molecule has 148 valence electrons. The predicted octanol–water partition coefficient (Wildman–Crippen LogP) is 4.48. The van der Waals surface area contributed by atoms with Crippen molar-refractivity contribution in [3.63, 3.8) is 0 Å². The Morgan fingerprint density at radius 3 is 2.63 bits per heavy atom. The first kappa shape index (κ1) is 18.8. The highest BCUT2D eigenvalue weighted by molar-refractivity contribution is 5.97. The van der Waals surface area contributed by atoms with Crippen molar-refractivity contribution >= 4 is 11.6 Å². The van der Waals surface area contributed by atoms with Crippen LogP contribution in [0.3, 0.4) is 0 Å². The SMILES string of the molecule is CCCCC1CC2CCC(C1)N2C[C@@H](C)CN1C(=O)COc2ccccc21. The number of carbonyl (C=O) groups is 1. The van der Waals surface area contributed by atoms with E-state index in [1.54, 1.807) is 0 Å². The summed E-state index contributed by atoms with van der Waals surface area (Å²) in [5.74, 6) is 2.33. The second-order valence-electron chi connectivity index (χ2n) is 8.93. The van der Waals surface area contributed by atoms with Crippen LogP contribution in [0, 0.1) is 11.8 Å². The van der Waals surface area contributed by atoms with Gasteiger partial charge in [-0.3, -0.25) is 9.69 Å². The van der Waals surface area contributed by atoms with Gasteiger partial charge in [-0.2, -0.15) is 0 Å². The number of hydrogen-bond donors (Lipinski definition) is 0. The summed E-state index contributed by atoms with van der Waals surface area (Å²) in [5, 5.41) is 0. The molecule has 0 N–H and O–H groups in total. The molecule has 2 saturated heterocycles. The van der Waals surface area contributed by atoms with E-state index in [0.29, 0.717) is 5.92 Å². The highest BCUT2D eigenvalue weighted by atomic mass is 16.5. The molecule has 3 aliphatic heterocycles. The molecule has 2 fully saturated rings. The van der Waals surface area contributed by atoms with E-state index in [9.17, 15) is 4.79 Å². The number of amides is 1. The topological polar surface area (TPSA) is 32.8 Å². The summed E-state index contributed by atoms with van der Waals surface area (Å²) in [4.78, 5) is 17.2. The van der Waals surface area contributed by atoms with E-state index in [0.717, 1.165) is 42.5 Å². The molecular weight excluding hydrogens is 336 g/mol. The van der Waals surface area contributed by atoms with Crippen molar-refractivity contribution in [1.82, 2.24) is 4.90 Å². The van der Waals surface area contributed by atoms with Crippen molar-refractivity contribution in [2.45, 2.75) is 70.9 Å². The fraction of sp³-hybridized carbons (Fsp3) is 0.696. The van der Waals surface area contributed by atoms with Crippen LogP contribution >= 0.6 is 0 Å². The normalized spacial score (nSPS) is 28.7. The smallest absolute Gasteiger partial charge is 0.265 e. The first-order valence-electron chi connectivity index (χ1n) is 10.9. The molecule has 0 aliphatic carbocycles. The largest absolute Gasteiger partial charge is 0.482 e. The van der Waals surface area contributed by atoms with Gasteiger partial charge in [0.05, 0.1) is 5.69 Å². The quantitative estimate of drug-likeness (QED) is 0.709. The maximum absolute atomic E-state index is 12.5. The molecule has 4 rings (SSSR count). The van der Waals surface area contributed by atoms with Gasteiger partial charge in [0.1, 0.15) is 5.75 Å². The molecule has 3 aliphatic rings. The summed E-state index contributed by atoms with van der Waals surface area (Å²) in [7, 11) is 0. The summed E-state index contributed by atoms with van der Waals surface area (Å²) >= 11 is 0. The molecule has 4 heteroatoms. The summed E-state index contributed by atoms with van der Waals surface area (Å²) < 4.78 is 5.58. The van der Waals surface area contributed by atoms with E-state index in [1.807, 2.05) is 29.2 Å². The number of ether oxygens (including phenoxy) is 1. The van der Waals surface area contributed by atoms with Crippen LogP contribution in [0.4, 0.5) is 5.69 Å². The van der Waals surface area contributed by atoms with E-state index in [2.05, 4.69) is 18.7 Å². The summed E-state index contributed by atoms with van der Waals surface area (Å²) in [6.07, 6.45) is 9.66. The average Bonchev–Trinajstić information content (AvgIpc) is 2.90. The van der Waals surface area contributed by atoms with Crippen LogP contribution in [-0.4, -0.2) is 42.6 Å². The van der Waals surface area contributed by atoms with Gasteiger partial charge in [-0.25, -0.2) is 0 Å². The third kappa shape index (κ3) is 4.01. The van der Waals surface area contributed by atoms with Gasteiger partial charge in [0, 0.05) is 25.2 Å². The van der Waals surface area contributed by atoms with Crippen LogP contribution in [0.1, 0.15) is 58.8 Å². The van der Waals surface area contributed by atoms with Crippen molar-refractivity contribution in [3.05, 3.63) is 24.3 Å². The van der Waals surface area contributed by atoms with Crippen molar-refractivity contribution in [2.24, 2.45) is 11.8 Å². The van der Waals surface area contributed by atoms with Crippen molar-refractivity contribution in [3.8, 4) is 5.75 Å². The minimum atomic E-state index is 0.0850. The third-order valence-corrected chi connectivity index (χ3v) is 6.77. The number of carbonyl (C=O) groups excluding carboxylic acids is 1. The predicted molar refractivity (Wildman–Crippen MR) is 109 cm³/mol. The molecule has 0 aromatic heterocycles. The second kappa shape index (κ2) is 8.22. The van der Waals surface area contributed by atoms with Gasteiger partial charge in [-0.1, -0.05) is 45.2 Å². The van der Waals surface area contributed by atoms with Crippen LogP contribution in [0.15, 0.2) is 24.3 Å². The van der Waals surface area contributed by atoms with E-state index >= 15 is 0 Å². The second-order valence-corrected chi connectivity index (χ2v) is 8.93. The minimum Gasteiger partial charge on any atom is -0.482 e. The standard InChI is InChI=1S/C23H34N2O2/c1-3-4-7-18-12-19-10-11-20(13-18)24(19)14-17(2)15-25-21-8-5-6-9-22(21)27-16-23(25)26/h5-6,8-9,17-20H,3-4,7,10-16H2,1-2H3/t17-,18?,19?,20?/m1/s1. The molecule has 27 heavy (non-hydrogen) atoms. The molecule has 1 aromatic rings. The fourth-order valence-corrected chi connectivity index (χ4v) is 5.50. The van der Waals surface area contributed by atoms with Gasteiger partial charge >= 0.3 is 0 Å². The maximum atomic E-state index is 12.5. The Morgan fingerprint density at radius 2 is 1.89 bits per heavy atom. The van der Waals surface area contributed by atoms with E-state index in [1.165, 1.54) is 44.9 Å². The molecule has 0 saturated carbocycles. The number of benzene rings is 1. The average molecular weight is 371 g/mol. The fourth-order valence-electron chi connectivity index (χ4n) is 5.50. The lowest BCUT2D eigenvalue weighted by atomic mass is 9.86. The van der Waals surface area contributed by atoms with Crippen LogP contribution in [0.25, 0.3) is 0 Å². The van der Waals surface area contributed by atoms with Crippen molar-refractivity contribution in [1.29, 1.82) is 0 Å². The maximum Gasteiger partial charge on any atom is 0.265 e. The van der Waals surface area contributed by atoms with E-state index in [-0.39, 0.29) is 12.5 Å². The molecule has 1 aromatic carbocycles. The molecule has 0 spiro atoms. The van der Waals surface area contributed by atoms with Crippen LogP contribution in [-0.2, 0) is 4.79 Å². The zero-order valence-corrected chi connectivity index (χ0v) is 16.9. The van der Waals surface area contributed by atoms with Gasteiger partial charge in [0.2, 0.25) is 0 Å². The van der Waals surface area contributed by atoms with Crippen molar-refractivity contribution in [2.75, 3.05) is 24.6 Å². The lowest BCUT2D eigenvalue weighted by Gasteiger charge is -2.41. The monoisotopic (exact) mass is 370 g/mol. The van der Waals surface area contributed by atoms with Gasteiger partial charge < -0.3 is 9.64 Å². The first-order valence-corrected chi connectivity index (χ1v) is 10.9. The van der Waals surface area contributed by atoms with E-state index in [4.69, 9.17) is 4.74 Å². The Bertz CT molecular complexity index is 648. The van der Waals surface area contributed by atoms with Gasteiger partial charge in [0.25, 0.3) is 5.91 Å². The van der Waals surface area contributed by atoms with Crippen LogP contribution < -0.4 is 9.64 Å². The lowest BCUT2D eigenvalue weighted by Crippen LogP contribution is -2.48. The number of anilines is 1. The van der Waals surface area contributed by atoms with Gasteiger partial charge in [-0.05, 0) is 49.7 Å². The summed E-state index contributed by atoms with van der Waals surface area (Å²) in [6, 6.07) is 9.47. The third-order valence-electron chi connectivity index (χ3n) is 6.77. The van der Waals surface area contributed by atoms with Crippen molar-refractivity contribution < 1.29 is 9.53 Å².